The Kier molecular flexibility index (Phi) is 5.10. The average molecular weight is 263 g/mol. The lowest BCUT2D eigenvalue weighted by Crippen LogP contribution is -2.40. The molecule has 104 valence electrons. The first-order chi connectivity index (χ1) is 8.84. The Labute approximate surface area is 113 Å². The third kappa shape index (κ3) is 4.39. The van der Waals surface area contributed by atoms with Crippen molar-refractivity contribution in [2.75, 3.05) is 6.54 Å². The molecule has 1 amide bonds. The monoisotopic (exact) mass is 263 g/mol. The van der Waals surface area contributed by atoms with Crippen molar-refractivity contribution < 1.29 is 14.7 Å². The molecule has 1 rings (SSSR count). The molecule has 0 heterocycles. The summed E-state index contributed by atoms with van der Waals surface area (Å²) < 4.78 is 0. The Hall–Kier alpha value is -1.84. The molecule has 0 aliphatic carbocycles. The van der Waals surface area contributed by atoms with E-state index in [1.807, 2.05) is 45.0 Å². The molecule has 1 aromatic carbocycles. The smallest absolute Gasteiger partial charge is 0.303 e. The molecule has 0 aliphatic rings. The first kappa shape index (κ1) is 15.2. The van der Waals surface area contributed by atoms with Crippen molar-refractivity contribution in [2.24, 2.45) is 0 Å². The van der Waals surface area contributed by atoms with E-state index in [0.717, 1.165) is 11.1 Å². The zero-order valence-electron chi connectivity index (χ0n) is 11.7. The Bertz CT molecular complexity index is 449. The molecule has 1 aromatic rings. The van der Waals surface area contributed by atoms with E-state index in [1.165, 1.54) is 0 Å². The second-order valence-corrected chi connectivity index (χ2v) is 5.24. The minimum atomic E-state index is -0.841. The Morgan fingerprint density at radius 2 is 1.79 bits per heavy atom. The molecule has 0 spiro atoms. The van der Waals surface area contributed by atoms with Crippen LogP contribution in [0.5, 0.6) is 0 Å². The van der Waals surface area contributed by atoms with Crippen molar-refractivity contribution >= 4 is 11.9 Å². The van der Waals surface area contributed by atoms with Crippen LogP contribution in [0.1, 0.15) is 37.8 Å². The predicted molar refractivity (Wildman–Crippen MR) is 74.1 cm³/mol. The number of hydrogen-bond acceptors (Lipinski definition) is 2. The van der Waals surface area contributed by atoms with Crippen LogP contribution < -0.4 is 5.32 Å². The number of carboxylic acid groups (broad SMARTS) is 1. The van der Waals surface area contributed by atoms with Gasteiger partial charge in [-0.1, -0.05) is 29.8 Å². The van der Waals surface area contributed by atoms with Crippen LogP contribution in [0.4, 0.5) is 0 Å². The predicted octanol–water partition coefficient (Wildman–Crippen LogP) is 2.25. The maximum absolute atomic E-state index is 12.1. The Morgan fingerprint density at radius 3 is 2.32 bits per heavy atom. The van der Waals surface area contributed by atoms with Crippen molar-refractivity contribution in [1.82, 2.24) is 5.32 Å². The molecule has 0 aliphatic heterocycles. The van der Waals surface area contributed by atoms with E-state index in [0.29, 0.717) is 13.0 Å². The molecule has 0 radical (unpaired) electrons. The summed E-state index contributed by atoms with van der Waals surface area (Å²) in [6.45, 7) is 6.12. The molecular weight excluding hydrogens is 242 g/mol. The van der Waals surface area contributed by atoms with Crippen LogP contribution >= 0.6 is 0 Å². The lowest BCUT2D eigenvalue weighted by molar-refractivity contribution is -0.137. The molecular formula is C15H21NO3. The minimum absolute atomic E-state index is 0.0746. The van der Waals surface area contributed by atoms with E-state index in [4.69, 9.17) is 5.11 Å². The summed E-state index contributed by atoms with van der Waals surface area (Å²) in [5, 5.41) is 11.3. The number of benzene rings is 1. The highest BCUT2D eigenvalue weighted by Gasteiger charge is 2.29. The highest BCUT2D eigenvalue weighted by Crippen LogP contribution is 2.23. The van der Waals surface area contributed by atoms with Crippen molar-refractivity contribution in [3.8, 4) is 0 Å². The molecule has 0 saturated carbocycles. The van der Waals surface area contributed by atoms with Gasteiger partial charge in [0.25, 0.3) is 0 Å². The summed E-state index contributed by atoms with van der Waals surface area (Å²) in [5.41, 5.74) is 1.49. The van der Waals surface area contributed by atoms with E-state index >= 15 is 0 Å². The van der Waals surface area contributed by atoms with E-state index in [9.17, 15) is 9.59 Å². The molecule has 4 nitrogen and oxygen atoms in total. The normalized spacial score (nSPS) is 11.1. The number of rotatable bonds is 6. The zero-order chi connectivity index (χ0) is 14.5. The third-order valence-electron chi connectivity index (χ3n) is 3.19. The average Bonchev–Trinajstić information content (AvgIpc) is 2.34. The molecule has 4 heteroatoms. The van der Waals surface area contributed by atoms with Crippen LogP contribution in [0, 0.1) is 6.92 Å². The SMILES string of the molecule is Cc1ccc(C(C)(C)C(=O)NCCCC(=O)O)cc1. The van der Waals surface area contributed by atoms with E-state index in [2.05, 4.69) is 5.32 Å². The van der Waals surface area contributed by atoms with Crippen LogP contribution in [0.25, 0.3) is 0 Å². The van der Waals surface area contributed by atoms with Gasteiger partial charge in [-0.25, -0.2) is 0 Å². The summed E-state index contributed by atoms with van der Waals surface area (Å²) in [6.07, 6.45) is 0.524. The number of carbonyl (C=O) groups is 2. The van der Waals surface area contributed by atoms with Crippen LogP contribution in [0.15, 0.2) is 24.3 Å². The number of nitrogens with one attached hydrogen (secondary N) is 1. The van der Waals surface area contributed by atoms with E-state index in [1.54, 1.807) is 0 Å². The topological polar surface area (TPSA) is 66.4 Å². The van der Waals surface area contributed by atoms with Gasteiger partial charge in [0.2, 0.25) is 5.91 Å². The lowest BCUT2D eigenvalue weighted by Gasteiger charge is -2.24. The van der Waals surface area contributed by atoms with Crippen LogP contribution in [0.2, 0.25) is 0 Å². The number of amides is 1. The highest BCUT2D eigenvalue weighted by molar-refractivity contribution is 5.87. The lowest BCUT2D eigenvalue weighted by atomic mass is 9.83. The summed E-state index contributed by atoms with van der Waals surface area (Å²) in [4.78, 5) is 22.5. The van der Waals surface area contributed by atoms with Gasteiger partial charge in [-0.2, -0.15) is 0 Å². The summed E-state index contributed by atoms with van der Waals surface area (Å²) in [6, 6.07) is 7.86. The molecule has 0 unspecified atom stereocenters. The number of hydrogen-bond donors (Lipinski definition) is 2. The highest BCUT2D eigenvalue weighted by atomic mass is 16.4. The second kappa shape index (κ2) is 6.36. The summed E-state index contributed by atoms with van der Waals surface area (Å²) in [5.74, 6) is -0.922. The zero-order valence-corrected chi connectivity index (χ0v) is 11.7. The van der Waals surface area contributed by atoms with Gasteiger partial charge in [0, 0.05) is 13.0 Å². The fourth-order valence-electron chi connectivity index (χ4n) is 1.76. The van der Waals surface area contributed by atoms with Gasteiger partial charge in [0.05, 0.1) is 5.41 Å². The van der Waals surface area contributed by atoms with Gasteiger partial charge in [0.15, 0.2) is 0 Å². The Balaban J connectivity index is 2.58. The molecule has 0 fully saturated rings. The first-order valence-corrected chi connectivity index (χ1v) is 6.41. The van der Waals surface area contributed by atoms with Gasteiger partial charge < -0.3 is 10.4 Å². The molecule has 0 saturated heterocycles. The van der Waals surface area contributed by atoms with Gasteiger partial charge >= 0.3 is 5.97 Å². The third-order valence-corrected chi connectivity index (χ3v) is 3.19. The number of aliphatic carboxylic acids is 1. The van der Waals surface area contributed by atoms with Crippen LogP contribution in [-0.4, -0.2) is 23.5 Å². The molecule has 0 atom stereocenters. The Morgan fingerprint density at radius 1 is 1.21 bits per heavy atom. The van der Waals surface area contributed by atoms with Gasteiger partial charge in [-0.05, 0) is 32.8 Å². The first-order valence-electron chi connectivity index (χ1n) is 6.41. The molecule has 19 heavy (non-hydrogen) atoms. The van der Waals surface area contributed by atoms with Crippen molar-refractivity contribution in [3.05, 3.63) is 35.4 Å². The van der Waals surface area contributed by atoms with Gasteiger partial charge in [-0.15, -0.1) is 0 Å². The van der Waals surface area contributed by atoms with E-state index in [-0.39, 0.29) is 12.3 Å². The molecule has 0 bridgehead atoms. The van der Waals surface area contributed by atoms with Crippen LogP contribution in [-0.2, 0) is 15.0 Å². The fourth-order valence-corrected chi connectivity index (χ4v) is 1.76. The quantitative estimate of drug-likeness (QED) is 0.774. The largest absolute Gasteiger partial charge is 0.481 e. The molecule has 2 N–H and O–H groups in total. The summed E-state index contributed by atoms with van der Waals surface area (Å²) in [7, 11) is 0. The van der Waals surface area contributed by atoms with E-state index < -0.39 is 11.4 Å². The molecule has 0 aromatic heterocycles. The van der Waals surface area contributed by atoms with Crippen LogP contribution in [0.3, 0.4) is 0 Å². The van der Waals surface area contributed by atoms with Crippen molar-refractivity contribution in [1.29, 1.82) is 0 Å². The number of carboxylic acids is 1. The standard InChI is InChI=1S/C15H21NO3/c1-11-6-8-12(9-7-11)15(2,3)14(19)16-10-4-5-13(17)18/h6-9H,4-5,10H2,1-3H3,(H,16,19)(H,17,18). The second-order valence-electron chi connectivity index (χ2n) is 5.24. The minimum Gasteiger partial charge on any atom is -0.481 e. The summed E-state index contributed by atoms with van der Waals surface area (Å²) >= 11 is 0. The number of aryl methyl sites for hydroxylation is 1. The van der Waals surface area contributed by atoms with Gasteiger partial charge in [0.1, 0.15) is 0 Å². The van der Waals surface area contributed by atoms with Crippen molar-refractivity contribution in [3.63, 3.8) is 0 Å². The van der Waals surface area contributed by atoms with Gasteiger partial charge in [-0.3, -0.25) is 9.59 Å². The maximum Gasteiger partial charge on any atom is 0.303 e. The van der Waals surface area contributed by atoms with Crippen molar-refractivity contribution in [2.45, 2.75) is 39.0 Å². The number of carbonyl (C=O) groups excluding carboxylic acids is 1. The fraction of sp³-hybridized carbons (Fsp3) is 0.467. The maximum atomic E-state index is 12.1.